The Morgan fingerprint density at radius 2 is 2.04 bits per heavy atom. The van der Waals surface area contributed by atoms with Crippen LogP contribution >= 0.6 is 11.3 Å². The fourth-order valence-corrected chi connectivity index (χ4v) is 2.63. The molecule has 0 unspecified atom stereocenters. The van der Waals surface area contributed by atoms with Crippen molar-refractivity contribution >= 4 is 23.2 Å². The predicted octanol–water partition coefficient (Wildman–Crippen LogP) is 2.47. The van der Waals surface area contributed by atoms with E-state index in [1.54, 1.807) is 35.6 Å². The minimum Gasteiger partial charge on any atom is -0.487 e. The zero-order chi connectivity index (χ0) is 16.9. The molecule has 0 spiro atoms. The Balaban J connectivity index is 1.46. The van der Waals surface area contributed by atoms with E-state index in [2.05, 4.69) is 10.3 Å². The number of carbonyl (C=O) groups excluding carboxylic acids is 2. The van der Waals surface area contributed by atoms with Crippen LogP contribution in [0.4, 0.5) is 0 Å². The number of amides is 1. The molecule has 1 N–H and O–H groups in total. The minimum absolute atomic E-state index is 0.253. The first kappa shape index (κ1) is 16.4. The molecule has 1 aromatic heterocycles. The molecule has 1 aliphatic rings. The van der Waals surface area contributed by atoms with E-state index in [1.165, 1.54) is 0 Å². The van der Waals surface area contributed by atoms with Gasteiger partial charge < -0.3 is 14.8 Å². The van der Waals surface area contributed by atoms with Crippen LogP contribution in [0.5, 0.6) is 5.75 Å². The lowest BCUT2D eigenvalue weighted by molar-refractivity contribution is -0.124. The summed E-state index contributed by atoms with van der Waals surface area (Å²) < 4.78 is 10.6. The highest BCUT2D eigenvalue weighted by Crippen LogP contribution is 2.18. The molecule has 24 heavy (non-hydrogen) atoms. The van der Waals surface area contributed by atoms with E-state index >= 15 is 0 Å². The van der Waals surface area contributed by atoms with Crippen molar-refractivity contribution < 1.29 is 19.1 Å². The van der Waals surface area contributed by atoms with Crippen LogP contribution in [-0.2, 0) is 16.1 Å². The van der Waals surface area contributed by atoms with Gasteiger partial charge in [-0.1, -0.05) is 0 Å². The topological polar surface area (TPSA) is 77.5 Å². The molecule has 1 fully saturated rings. The van der Waals surface area contributed by atoms with E-state index in [0.717, 1.165) is 23.5 Å². The lowest BCUT2D eigenvalue weighted by Crippen LogP contribution is -2.30. The summed E-state index contributed by atoms with van der Waals surface area (Å²) in [5, 5.41) is 5.71. The third-order valence-electron chi connectivity index (χ3n) is 3.42. The Labute approximate surface area is 143 Å². The number of nitrogens with one attached hydrogen (secondary N) is 1. The van der Waals surface area contributed by atoms with Crippen molar-refractivity contribution in [1.29, 1.82) is 0 Å². The number of esters is 1. The first-order chi connectivity index (χ1) is 11.6. The Bertz CT molecular complexity index is 722. The zero-order valence-electron chi connectivity index (χ0n) is 13.3. The zero-order valence-corrected chi connectivity index (χ0v) is 14.1. The summed E-state index contributed by atoms with van der Waals surface area (Å²) in [7, 11) is 0. The number of carbonyl (C=O) groups is 2. The SMILES string of the molecule is Cc1nc(COc2ccc(C(=O)OCC(=O)NC3CC3)cc2)cs1. The number of benzene rings is 1. The third kappa shape index (κ3) is 4.79. The molecule has 1 saturated carbocycles. The van der Waals surface area contributed by atoms with E-state index in [4.69, 9.17) is 9.47 Å². The molecule has 1 aromatic carbocycles. The maximum absolute atomic E-state index is 11.9. The van der Waals surface area contributed by atoms with Crippen molar-refractivity contribution in [2.75, 3.05) is 6.61 Å². The standard InChI is InChI=1S/C17H18N2O4S/c1-11-18-14(10-24-11)8-22-15-6-2-12(3-7-15)17(21)23-9-16(20)19-13-4-5-13/h2-3,6-7,10,13H,4-5,8-9H2,1H3,(H,19,20). The van der Waals surface area contributed by atoms with Gasteiger partial charge >= 0.3 is 5.97 Å². The van der Waals surface area contributed by atoms with Crippen molar-refractivity contribution in [3.8, 4) is 5.75 Å². The van der Waals surface area contributed by atoms with Crippen molar-refractivity contribution in [2.45, 2.75) is 32.4 Å². The van der Waals surface area contributed by atoms with E-state index in [1.807, 2.05) is 12.3 Å². The van der Waals surface area contributed by atoms with Crippen LogP contribution in [0.3, 0.4) is 0 Å². The van der Waals surface area contributed by atoms with Gasteiger partial charge in [-0.15, -0.1) is 11.3 Å². The number of rotatable bonds is 7. The Morgan fingerprint density at radius 1 is 1.29 bits per heavy atom. The molecule has 0 saturated heterocycles. The van der Waals surface area contributed by atoms with Gasteiger partial charge in [0.05, 0.1) is 16.3 Å². The number of aromatic nitrogens is 1. The van der Waals surface area contributed by atoms with E-state index in [-0.39, 0.29) is 18.6 Å². The van der Waals surface area contributed by atoms with Gasteiger partial charge in [0.2, 0.25) is 0 Å². The first-order valence-electron chi connectivity index (χ1n) is 7.70. The van der Waals surface area contributed by atoms with Crippen molar-refractivity contribution in [3.63, 3.8) is 0 Å². The second kappa shape index (κ2) is 7.44. The molecule has 0 aliphatic heterocycles. The number of aryl methyl sites for hydroxylation is 1. The highest BCUT2D eigenvalue weighted by Gasteiger charge is 2.23. The average molecular weight is 346 g/mol. The van der Waals surface area contributed by atoms with E-state index < -0.39 is 5.97 Å². The van der Waals surface area contributed by atoms with Crippen LogP contribution in [0.1, 0.15) is 33.9 Å². The molecule has 0 atom stereocenters. The van der Waals surface area contributed by atoms with Gasteiger partial charge in [-0.05, 0) is 44.0 Å². The second-order valence-electron chi connectivity index (χ2n) is 5.59. The van der Waals surface area contributed by atoms with Crippen LogP contribution in [0.15, 0.2) is 29.6 Å². The summed E-state index contributed by atoms with van der Waals surface area (Å²) in [6, 6.07) is 6.88. The largest absolute Gasteiger partial charge is 0.487 e. The molecular formula is C17H18N2O4S. The number of hydrogen-bond acceptors (Lipinski definition) is 6. The van der Waals surface area contributed by atoms with Gasteiger partial charge in [0.1, 0.15) is 12.4 Å². The van der Waals surface area contributed by atoms with Gasteiger partial charge in [0.25, 0.3) is 5.91 Å². The van der Waals surface area contributed by atoms with Gasteiger partial charge in [-0.25, -0.2) is 9.78 Å². The molecule has 1 aliphatic carbocycles. The average Bonchev–Trinajstić information content (AvgIpc) is 3.30. The summed E-state index contributed by atoms with van der Waals surface area (Å²) in [6.45, 7) is 2.08. The van der Waals surface area contributed by atoms with Gasteiger partial charge in [-0.2, -0.15) is 0 Å². The van der Waals surface area contributed by atoms with Gasteiger partial charge in [0, 0.05) is 11.4 Å². The summed E-state index contributed by atoms with van der Waals surface area (Å²) >= 11 is 1.58. The molecule has 126 valence electrons. The predicted molar refractivity (Wildman–Crippen MR) is 89.1 cm³/mol. The smallest absolute Gasteiger partial charge is 0.338 e. The molecule has 3 rings (SSSR count). The van der Waals surface area contributed by atoms with Gasteiger partial charge in [0.15, 0.2) is 6.61 Å². The molecule has 1 amide bonds. The number of hydrogen-bond donors (Lipinski definition) is 1. The number of thiazole rings is 1. The maximum Gasteiger partial charge on any atom is 0.338 e. The second-order valence-corrected chi connectivity index (χ2v) is 6.65. The first-order valence-corrected chi connectivity index (χ1v) is 8.58. The van der Waals surface area contributed by atoms with Crippen LogP contribution in [-0.4, -0.2) is 29.5 Å². The molecule has 2 aromatic rings. The summed E-state index contributed by atoms with van der Waals surface area (Å²) in [5.41, 5.74) is 1.26. The Kier molecular flexibility index (Phi) is 5.10. The normalized spacial score (nSPS) is 13.4. The lowest BCUT2D eigenvalue weighted by atomic mass is 10.2. The van der Waals surface area contributed by atoms with Crippen molar-refractivity contribution in [3.05, 3.63) is 45.9 Å². The van der Waals surface area contributed by atoms with E-state index in [9.17, 15) is 9.59 Å². The van der Waals surface area contributed by atoms with Crippen LogP contribution in [0.2, 0.25) is 0 Å². The Morgan fingerprint density at radius 3 is 2.67 bits per heavy atom. The molecule has 7 heteroatoms. The summed E-state index contributed by atoms with van der Waals surface area (Å²) in [6.07, 6.45) is 2.00. The van der Waals surface area contributed by atoms with Crippen LogP contribution in [0.25, 0.3) is 0 Å². The van der Waals surface area contributed by atoms with Crippen LogP contribution < -0.4 is 10.1 Å². The van der Waals surface area contributed by atoms with Crippen LogP contribution in [0, 0.1) is 6.92 Å². The third-order valence-corrected chi connectivity index (χ3v) is 4.24. The quantitative estimate of drug-likeness (QED) is 0.779. The van der Waals surface area contributed by atoms with E-state index in [0.29, 0.717) is 17.9 Å². The lowest BCUT2D eigenvalue weighted by Gasteiger charge is -2.07. The highest BCUT2D eigenvalue weighted by atomic mass is 32.1. The molecule has 0 bridgehead atoms. The molecule has 6 nitrogen and oxygen atoms in total. The monoisotopic (exact) mass is 346 g/mol. The molecule has 0 radical (unpaired) electrons. The van der Waals surface area contributed by atoms with Crippen molar-refractivity contribution in [1.82, 2.24) is 10.3 Å². The summed E-state index contributed by atoms with van der Waals surface area (Å²) in [4.78, 5) is 27.7. The fraction of sp³-hybridized carbons (Fsp3) is 0.353. The highest BCUT2D eigenvalue weighted by molar-refractivity contribution is 7.09. The molecular weight excluding hydrogens is 328 g/mol. The Hall–Kier alpha value is -2.41. The van der Waals surface area contributed by atoms with Gasteiger partial charge in [-0.3, -0.25) is 4.79 Å². The number of ether oxygens (including phenoxy) is 2. The minimum atomic E-state index is -0.525. The van der Waals surface area contributed by atoms with Crippen molar-refractivity contribution in [2.24, 2.45) is 0 Å². The molecule has 1 heterocycles. The fourth-order valence-electron chi connectivity index (χ4n) is 2.03. The maximum atomic E-state index is 11.9. The summed E-state index contributed by atoms with van der Waals surface area (Å²) in [5.74, 6) is -0.143. The number of nitrogens with zero attached hydrogens (tertiary/aromatic N) is 1.